The molecule has 3 rings (SSSR count). The molecule has 0 radical (unpaired) electrons. The van der Waals surface area contributed by atoms with Crippen molar-refractivity contribution >= 4 is 11.6 Å². The Hall–Kier alpha value is -2.52. The maximum absolute atomic E-state index is 13.2. The quantitative estimate of drug-likeness (QED) is 0.547. The van der Waals surface area contributed by atoms with Crippen molar-refractivity contribution in [1.29, 1.82) is 0 Å². The average Bonchev–Trinajstić information content (AvgIpc) is 2.76. The molecule has 1 aromatic carbocycles. The molecule has 1 heterocycles. The van der Waals surface area contributed by atoms with E-state index in [1.54, 1.807) is 32.9 Å². The molecule has 0 spiro atoms. The number of Topliss-reactive ketones (excluding diaryl/α,β-unsaturated/α-hetero) is 1. The van der Waals surface area contributed by atoms with Crippen LogP contribution in [0.4, 0.5) is 0 Å². The molecule has 5 atom stereocenters. The average molecular weight is 446 g/mol. The van der Waals surface area contributed by atoms with E-state index < -0.39 is 42.3 Å². The molecular formula is C24H30O8. The first-order chi connectivity index (χ1) is 15.1. The smallest absolute Gasteiger partial charge is 0.201 e. The van der Waals surface area contributed by atoms with Crippen LogP contribution in [-0.4, -0.2) is 64.7 Å². The summed E-state index contributed by atoms with van der Waals surface area (Å²) in [7, 11) is 1.40. The van der Waals surface area contributed by atoms with Crippen molar-refractivity contribution in [3.63, 3.8) is 0 Å². The van der Waals surface area contributed by atoms with Gasteiger partial charge < -0.3 is 29.5 Å². The molecule has 0 saturated carbocycles. The maximum atomic E-state index is 13.2. The van der Waals surface area contributed by atoms with Gasteiger partial charge in [-0.1, -0.05) is 12.1 Å². The summed E-state index contributed by atoms with van der Waals surface area (Å²) < 4.78 is 16.9. The number of allylic oxidation sites excluding steroid dienone is 2. The first-order valence-corrected chi connectivity index (χ1v) is 10.7. The van der Waals surface area contributed by atoms with Gasteiger partial charge in [-0.05, 0) is 38.8 Å². The van der Waals surface area contributed by atoms with Gasteiger partial charge in [-0.2, -0.15) is 0 Å². The Morgan fingerprint density at radius 2 is 2.00 bits per heavy atom. The van der Waals surface area contributed by atoms with Crippen molar-refractivity contribution in [3.8, 4) is 5.75 Å². The van der Waals surface area contributed by atoms with Gasteiger partial charge in [0.05, 0.1) is 42.7 Å². The molecule has 1 aliphatic heterocycles. The Balaban J connectivity index is 1.93. The number of carbonyl (C=O) groups is 2. The van der Waals surface area contributed by atoms with Gasteiger partial charge in [-0.15, -0.1) is 0 Å². The van der Waals surface area contributed by atoms with Crippen LogP contribution in [0, 0.1) is 0 Å². The molecule has 8 nitrogen and oxygen atoms in total. The van der Waals surface area contributed by atoms with Gasteiger partial charge in [0.2, 0.25) is 5.78 Å². The summed E-state index contributed by atoms with van der Waals surface area (Å²) in [5.74, 6) is -1.08. The summed E-state index contributed by atoms with van der Waals surface area (Å²) in [5.41, 5.74) is 0.447. The van der Waals surface area contributed by atoms with Crippen molar-refractivity contribution in [3.05, 3.63) is 52.3 Å². The molecule has 2 unspecified atom stereocenters. The molecule has 8 heteroatoms. The zero-order valence-corrected chi connectivity index (χ0v) is 18.7. The van der Waals surface area contributed by atoms with E-state index in [1.807, 2.05) is 0 Å². The normalized spacial score (nSPS) is 26.1. The van der Waals surface area contributed by atoms with Crippen LogP contribution in [0.3, 0.4) is 0 Å². The van der Waals surface area contributed by atoms with E-state index in [2.05, 4.69) is 0 Å². The summed E-state index contributed by atoms with van der Waals surface area (Å²) in [6.45, 7) is 4.91. The number of aliphatic hydroxyl groups excluding tert-OH is 3. The van der Waals surface area contributed by atoms with E-state index in [1.165, 1.54) is 13.2 Å². The largest absolute Gasteiger partial charge is 0.507 e. The zero-order valence-electron chi connectivity index (χ0n) is 18.7. The van der Waals surface area contributed by atoms with Gasteiger partial charge in [-0.25, -0.2) is 0 Å². The molecular weight excluding hydrogens is 416 g/mol. The first kappa shape index (κ1) is 24.1. The maximum Gasteiger partial charge on any atom is 0.201 e. The number of fused-ring (bicyclic) bond motifs is 1. The fourth-order valence-electron chi connectivity index (χ4n) is 3.96. The molecule has 1 saturated heterocycles. The lowest BCUT2D eigenvalue weighted by Gasteiger charge is -2.34. The SMILES string of the molecule is COc1cccc2c1C(=O)C(/C(O)=C(\C)[C@H](CC(C)O)OC1CC[C@H](O)[C@H](C)O1)=CC2=O. The van der Waals surface area contributed by atoms with Crippen molar-refractivity contribution in [2.75, 3.05) is 7.11 Å². The number of aliphatic hydroxyl groups is 3. The Morgan fingerprint density at radius 1 is 1.28 bits per heavy atom. The van der Waals surface area contributed by atoms with Crippen molar-refractivity contribution in [2.24, 2.45) is 0 Å². The molecule has 2 aliphatic rings. The second-order valence-electron chi connectivity index (χ2n) is 8.29. The van der Waals surface area contributed by atoms with Crippen molar-refractivity contribution in [2.45, 2.75) is 70.7 Å². The predicted octanol–water partition coefficient (Wildman–Crippen LogP) is 2.87. The highest BCUT2D eigenvalue weighted by atomic mass is 16.7. The van der Waals surface area contributed by atoms with E-state index in [0.717, 1.165) is 6.08 Å². The lowest BCUT2D eigenvalue weighted by atomic mass is 9.86. The molecule has 1 fully saturated rings. The highest BCUT2D eigenvalue weighted by Crippen LogP contribution is 2.34. The summed E-state index contributed by atoms with van der Waals surface area (Å²) in [5, 5.41) is 30.8. The minimum absolute atomic E-state index is 0.100. The Kier molecular flexibility index (Phi) is 7.51. The second kappa shape index (κ2) is 9.95. The standard InChI is InChI=1S/C24H30O8/c1-12(25)10-20(32-21-9-8-17(26)14(3)31-21)13(2)23(28)16-11-18(27)15-6-5-7-19(30-4)22(15)24(16)29/h5-7,11-12,14,17,20-21,25-26,28H,8-10H2,1-4H3/b23-13-/t12?,14-,17-,20-,21?/m0/s1. The lowest BCUT2D eigenvalue weighted by molar-refractivity contribution is -0.231. The van der Waals surface area contributed by atoms with Crippen LogP contribution in [-0.2, 0) is 9.47 Å². The van der Waals surface area contributed by atoms with E-state index >= 15 is 0 Å². The third-order valence-corrected chi connectivity index (χ3v) is 5.85. The highest BCUT2D eigenvalue weighted by Gasteiger charge is 2.34. The van der Waals surface area contributed by atoms with Crippen LogP contribution in [0.1, 0.15) is 60.7 Å². The number of rotatable bonds is 7. The van der Waals surface area contributed by atoms with Crippen LogP contribution < -0.4 is 4.74 Å². The minimum atomic E-state index is -0.773. The zero-order chi connectivity index (χ0) is 23.6. The molecule has 1 aliphatic carbocycles. The predicted molar refractivity (Wildman–Crippen MR) is 116 cm³/mol. The number of ketones is 2. The monoisotopic (exact) mass is 446 g/mol. The molecule has 0 bridgehead atoms. The number of methoxy groups -OCH3 is 1. The van der Waals surface area contributed by atoms with Gasteiger partial charge >= 0.3 is 0 Å². The van der Waals surface area contributed by atoms with Crippen LogP contribution in [0.2, 0.25) is 0 Å². The molecule has 1 aromatic rings. The molecule has 3 N–H and O–H groups in total. The number of benzene rings is 1. The lowest BCUT2D eigenvalue weighted by Crippen LogP contribution is -2.40. The fraction of sp³-hybridized carbons (Fsp3) is 0.500. The third kappa shape index (κ3) is 4.94. The molecule has 174 valence electrons. The van der Waals surface area contributed by atoms with Gasteiger partial charge in [-0.3, -0.25) is 9.59 Å². The van der Waals surface area contributed by atoms with E-state index in [-0.39, 0.29) is 34.6 Å². The van der Waals surface area contributed by atoms with Crippen LogP contribution >= 0.6 is 0 Å². The van der Waals surface area contributed by atoms with Crippen LogP contribution in [0.15, 0.2) is 41.2 Å². The number of hydrogen-bond donors (Lipinski definition) is 3. The molecule has 32 heavy (non-hydrogen) atoms. The fourth-order valence-corrected chi connectivity index (χ4v) is 3.96. The summed E-state index contributed by atoms with van der Waals surface area (Å²) in [4.78, 5) is 25.8. The topological polar surface area (TPSA) is 123 Å². The van der Waals surface area contributed by atoms with E-state index in [9.17, 15) is 24.9 Å². The van der Waals surface area contributed by atoms with E-state index in [4.69, 9.17) is 14.2 Å². The summed E-state index contributed by atoms with van der Waals surface area (Å²) in [6, 6.07) is 4.74. The number of hydrogen-bond acceptors (Lipinski definition) is 8. The minimum Gasteiger partial charge on any atom is -0.507 e. The van der Waals surface area contributed by atoms with Gasteiger partial charge in [0.1, 0.15) is 11.5 Å². The highest BCUT2D eigenvalue weighted by molar-refractivity contribution is 6.27. The molecule has 0 aromatic heterocycles. The Labute approximate surface area is 187 Å². The van der Waals surface area contributed by atoms with Gasteiger partial charge in [0.25, 0.3) is 0 Å². The first-order valence-electron chi connectivity index (χ1n) is 10.7. The van der Waals surface area contributed by atoms with Crippen molar-refractivity contribution < 1.29 is 39.1 Å². The van der Waals surface area contributed by atoms with Gasteiger partial charge in [0.15, 0.2) is 12.1 Å². The third-order valence-electron chi connectivity index (χ3n) is 5.85. The van der Waals surface area contributed by atoms with Crippen molar-refractivity contribution in [1.82, 2.24) is 0 Å². The van der Waals surface area contributed by atoms with E-state index in [0.29, 0.717) is 18.4 Å². The number of ether oxygens (including phenoxy) is 3. The Bertz CT molecular complexity index is 945. The Morgan fingerprint density at radius 3 is 2.62 bits per heavy atom. The number of carbonyl (C=O) groups excluding carboxylic acids is 2. The van der Waals surface area contributed by atoms with Crippen LogP contribution in [0.5, 0.6) is 5.75 Å². The second-order valence-corrected chi connectivity index (χ2v) is 8.29. The summed E-state index contributed by atoms with van der Waals surface area (Å²) >= 11 is 0. The van der Waals surface area contributed by atoms with Gasteiger partial charge in [0, 0.05) is 24.5 Å². The molecule has 0 amide bonds. The summed E-state index contributed by atoms with van der Waals surface area (Å²) in [6.07, 6.45) is -0.974. The van der Waals surface area contributed by atoms with Crippen LogP contribution in [0.25, 0.3) is 0 Å².